The molecular weight excluding hydrogens is 902 g/mol. The SMILES string of the molecule is N#Cc1cc(C#N)cc(-c2ccc3c(c2)c2ccccc2n3-c2ccc(-c3ccc(C#N)cc3C(F)(F)F)cc2-c2ccc(C#N)cc2-n2c3ccccc3c3cc(-c4cc(C#N)cc(C#N)c4)ccc32)c1. The van der Waals surface area contributed by atoms with E-state index in [0.717, 1.165) is 60.8 Å². The third kappa shape index (κ3) is 7.29. The Morgan fingerprint density at radius 1 is 0.306 bits per heavy atom. The summed E-state index contributed by atoms with van der Waals surface area (Å²) in [6.45, 7) is 0. The van der Waals surface area contributed by atoms with Gasteiger partial charge in [-0.15, -0.1) is 0 Å². The molecule has 2 heterocycles. The van der Waals surface area contributed by atoms with Gasteiger partial charge >= 0.3 is 6.18 Å². The van der Waals surface area contributed by atoms with Crippen LogP contribution in [-0.4, -0.2) is 9.13 Å². The molecule has 9 aromatic carbocycles. The van der Waals surface area contributed by atoms with E-state index in [1.54, 1.807) is 54.6 Å². The highest BCUT2D eigenvalue weighted by Crippen LogP contribution is 2.45. The summed E-state index contributed by atoms with van der Waals surface area (Å²) in [4.78, 5) is 0. The van der Waals surface area contributed by atoms with Crippen LogP contribution in [0.3, 0.4) is 0 Å². The zero-order valence-corrected chi connectivity index (χ0v) is 37.5. The van der Waals surface area contributed by atoms with Crippen LogP contribution in [0.4, 0.5) is 13.2 Å². The molecule has 0 aliphatic heterocycles. The van der Waals surface area contributed by atoms with Crippen molar-refractivity contribution in [3.63, 3.8) is 0 Å². The van der Waals surface area contributed by atoms with E-state index in [1.807, 2.05) is 102 Å². The first-order valence-corrected chi connectivity index (χ1v) is 22.3. The molecule has 0 unspecified atom stereocenters. The van der Waals surface area contributed by atoms with E-state index in [4.69, 9.17) is 0 Å². The van der Waals surface area contributed by atoms with Crippen molar-refractivity contribution in [2.24, 2.45) is 0 Å². The van der Waals surface area contributed by atoms with Crippen LogP contribution in [0.1, 0.15) is 38.9 Å². The second-order valence-electron chi connectivity index (χ2n) is 17.2. The minimum atomic E-state index is -4.81. The van der Waals surface area contributed by atoms with Crippen molar-refractivity contribution in [1.29, 1.82) is 31.6 Å². The van der Waals surface area contributed by atoms with E-state index in [1.165, 1.54) is 24.3 Å². The molecular formula is C61H29F3N8. The Hall–Kier alpha value is -10.7. The van der Waals surface area contributed by atoms with E-state index >= 15 is 13.2 Å². The zero-order valence-electron chi connectivity index (χ0n) is 37.5. The quantitative estimate of drug-likeness (QED) is 0.162. The molecule has 0 amide bonds. The van der Waals surface area contributed by atoms with Gasteiger partial charge in [0.1, 0.15) is 0 Å². The molecule has 0 saturated heterocycles. The third-order valence-corrected chi connectivity index (χ3v) is 13.1. The molecule has 0 bridgehead atoms. The molecule has 334 valence electrons. The van der Waals surface area contributed by atoms with Gasteiger partial charge in [0.2, 0.25) is 0 Å². The lowest BCUT2D eigenvalue weighted by Crippen LogP contribution is -2.08. The van der Waals surface area contributed by atoms with Gasteiger partial charge < -0.3 is 9.13 Å². The Kier molecular flexibility index (Phi) is 10.4. The van der Waals surface area contributed by atoms with Gasteiger partial charge in [0, 0.05) is 32.7 Å². The summed E-state index contributed by atoms with van der Waals surface area (Å²) in [5, 5.41) is 62.7. The lowest BCUT2D eigenvalue weighted by molar-refractivity contribution is -0.137. The molecule has 0 saturated carbocycles. The lowest BCUT2D eigenvalue weighted by Gasteiger charge is -2.21. The monoisotopic (exact) mass is 930 g/mol. The summed E-state index contributed by atoms with van der Waals surface area (Å²) in [6, 6.07) is 64.0. The number of fused-ring (bicyclic) bond motifs is 6. The summed E-state index contributed by atoms with van der Waals surface area (Å²) in [6.07, 6.45) is -4.81. The first-order valence-electron chi connectivity index (χ1n) is 22.3. The Bertz CT molecular complexity index is 4350. The van der Waals surface area contributed by atoms with Gasteiger partial charge in [0.15, 0.2) is 0 Å². The Balaban J connectivity index is 1.22. The van der Waals surface area contributed by atoms with Crippen molar-refractivity contribution in [3.05, 3.63) is 215 Å². The summed E-state index contributed by atoms with van der Waals surface area (Å²) in [5.74, 6) is 0. The smallest absolute Gasteiger partial charge is 0.309 e. The molecule has 0 aliphatic rings. The molecule has 11 rings (SSSR count). The van der Waals surface area contributed by atoms with E-state index in [-0.39, 0.29) is 16.7 Å². The van der Waals surface area contributed by atoms with Gasteiger partial charge in [0.25, 0.3) is 0 Å². The lowest BCUT2D eigenvalue weighted by atomic mass is 9.92. The van der Waals surface area contributed by atoms with Gasteiger partial charge in [-0.05, 0) is 143 Å². The molecule has 0 spiro atoms. The molecule has 11 heteroatoms. The van der Waals surface area contributed by atoms with Crippen LogP contribution >= 0.6 is 0 Å². The maximum absolute atomic E-state index is 15.0. The average Bonchev–Trinajstić information content (AvgIpc) is 3.93. The molecule has 0 atom stereocenters. The van der Waals surface area contributed by atoms with Crippen molar-refractivity contribution < 1.29 is 13.2 Å². The number of benzene rings is 9. The Morgan fingerprint density at radius 2 is 0.736 bits per heavy atom. The average molecular weight is 931 g/mol. The molecule has 0 aliphatic carbocycles. The number of aromatic nitrogens is 2. The van der Waals surface area contributed by atoms with Crippen LogP contribution in [0.15, 0.2) is 176 Å². The number of hydrogen-bond acceptors (Lipinski definition) is 6. The topological polar surface area (TPSA) is 153 Å². The number of hydrogen-bond donors (Lipinski definition) is 0. The van der Waals surface area contributed by atoms with Crippen molar-refractivity contribution in [3.8, 4) is 92.3 Å². The zero-order chi connectivity index (χ0) is 49.8. The minimum Gasteiger partial charge on any atom is -0.309 e. The fourth-order valence-electron chi connectivity index (χ4n) is 9.90. The van der Waals surface area contributed by atoms with Gasteiger partial charge in [-0.3, -0.25) is 0 Å². The summed E-state index contributed by atoms with van der Waals surface area (Å²) >= 11 is 0. The van der Waals surface area contributed by atoms with E-state index in [9.17, 15) is 31.6 Å². The standard InChI is InChI=1S/C61H29F3N8/c62-61(63,64)54-25-36(30-65)9-14-47(54)44-13-18-58(71-55-7-3-1-5-48(55)51-27-42(11-16-57(51)71)45-21-38(32-67)19-39(22-45)33-68)53(29-44)50-15-10-37(31-66)26-60(50)72-56-8-4-2-6-49(56)52-28-43(12-17-59(52)72)46-23-40(34-69)20-41(24-46)35-70/h1-29H. The van der Waals surface area contributed by atoms with Gasteiger partial charge in [0.05, 0.1) is 109 Å². The number of nitrogens with zero attached hydrogens (tertiary/aromatic N) is 8. The van der Waals surface area contributed by atoms with Crippen molar-refractivity contribution in [2.75, 3.05) is 0 Å². The molecule has 0 radical (unpaired) electrons. The normalized spacial score (nSPS) is 11.2. The maximum Gasteiger partial charge on any atom is 0.417 e. The molecule has 11 aromatic rings. The number of nitriles is 6. The fourth-order valence-corrected chi connectivity index (χ4v) is 9.90. The predicted octanol–water partition coefficient (Wildman–Crippen LogP) is 14.8. The molecule has 2 aromatic heterocycles. The molecule has 72 heavy (non-hydrogen) atoms. The van der Waals surface area contributed by atoms with Crippen molar-refractivity contribution >= 4 is 43.6 Å². The number of halogens is 3. The fraction of sp³-hybridized carbons (Fsp3) is 0.0164. The highest BCUT2D eigenvalue weighted by atomic mass is 19.4. The second-order valence-corrected chi connectivity index (χ2v) is 17.2. The highest BCUT2D eigenvalue weighted by Gasteiger charge is 2.34. The Morgan fingerprint density at radius 3 is 1.22 bits per heavy atom. The van der Waals surface area contributed by atoms with Crippen molar-refractivity contribution in [1.82, 2.24) is 9.13 Å². The number of alkyl halides is 3. The molecule has 8 nitrogen and oxygen atoms in total. The third-order valence-electron chi connectivity index (χ3n) is 13.1. The maximum atomic E-state index is 15.0. The second kappa shape index (κ2) is 17.1. The minimum absolute atomic E-state index is 0.128. The van der Waals surface area contributed by atoms with E-state index in [0.29, 0.717) is 61.4 Å². The van der Waals surface area contributed by atoms with Crippen LogP contribution in [0.2, 0.25) is 0 Å². The van der Waals surface area contributed by atoms with Gasteiger partial charge in [-0.2, -0.15) is 44.7 Å². The highest BCUT2D eigenvalue weighted by molar-refractivity contribution is 6.13. The van der Waals surface area contributed by atoms with Crippen molar-refractivity contribution in [2.45, 2.75) is 6.18 Å². The summed E-state index contributed by atoms with van der Waals surface area (Å²) in [5.41, 5.74) is 8.96. The first kappa shape index (κ1) is 43.9. The molecule has 0 N–H and O–H groups in total. The van der Waals surface area contributed by atoms with E-state index < -0.39 is 11.7 Å². The van der Waals surface area contributed by atoms with Crippen LogP contribution in [0.5, 0.6) is 0 Å². The van der Waals surface area contributed by atoms with Crippen LogP contribution in [0.25, 0.3) is 99.5 Å². The van der Waals surface area contributed by atoms with Crippen LogP contribution < -0.4 is 0 Å². The van der Waals surface area contributed by atoms with Crippen LogP contribution in [0, 0.1) is 68.0 Å². The predicted molar refractivity (Wildman–Crippen MR) is 270 cm³/mol. The molecule has 0 fully saturated rings. The van der Waals surface area contributed by atoms with Crippen LogP contribution in [-0.2, 0) is 6.18 Å². The van der Waals surface area contributed by atoms with Gasteiger partial charge in [-0.25, -0.2) is 0 Å². The number of rotatable bonds is 6. The van der Waals surface area contributed by atoms with E-state index in [2.05, 4.69) is 34.9 Å². The summed E-state index contributed by atoms with van der Waals surface area (Å²) < 4.78 is 49.1. The largest absolute Gasteiger partial charge is 0.417 e. The summed E-state index contributed by atoms with van der Waals surface area (Å²) in [7, 11) is 0. The first-order chi connectivity index (χ1) is 35.0. The Labute approximate surface area is 409 Å². The number of para-hydroxylation sites is 2. The van der Waals surface area contributed by atoms with Gasteiger partial charge in [-0.1, -0.05) is 66.7 Å².